The number of aromatic nitrogens is 3. The number of benzene rings is 2. The molecular formula is C21H17N3O3S. The van der Waals surface area contributed by atoms with Gasteiger partial charge in [-0.25, -0.2) is 14.5 Å². The van der Waals surface area contributed by atoms with Gasteiger partial charge < -0.3 is 4.74 Å². The highest BCUT2D eigenvalue weighted by molar-refractivity contribution is 7.13. The Morgan fingerprint density at radius 2 is 1.82 bits per heavy atom. The Morgan fingerprint density at radius 1 is 1.11 bits per heavy atom. The molecule has 7 heteroatoms. The Kier molecular flexibility index (Phi) is 4.75. The molecule has 2 aromatic heterocycles. The predicted molar refractivity (Wildman–Crippen MR) is 109 cm³/mol. The Morgan fingerprint density at radius 3 is 2.54 bits per heavy atom. The molecule has 0 saturated heterocycles. The summed E-state index contributed by atoms with van der Waals surface area (Å²) in [6.07, 6.45) is 0. The second-order valence-corrected chi connectivity index (χ2v) is 7.22. The summed E-state index contributed by atoms with van der Waals surface area (Å²) in [5, 5.41) is 7.93. The van der Waals surface area contributed by atoms with Crippen molar-refractivity contribution in [3.8, 4) is 10.6 Å². The van der Waals surface area contributed by atoms with Gasteiger partial charge in [-0.2, -0.15) is 5.10 Å². The number of thiazole rings is 1. The molecule has 2 aromatic carbocycles. The largest absolute Gasteiger partial charge is 0.464 e. The highest BCUT2D eigenvalue weighted by atomic mass is 32.1. The first-order chi connectivity index (χ1) is 13.6. The van der Waals surface area contributed by atoms with Crippen molar-refractivity contribution in [1.29, 1.82) is 0 Å². The van der Waals surface area contributed by atoms with Gasteiger partial charge in [0, 0.05) is 16.3 Å². The number of nitrogens with zero attached hydrogens (tertiary/aromatic N) is 3. The summed E-state index contributed by atoms with van der Waals surface area (Å²) < 4.78 is 6.10. The van der Waals surface area contributed by atoms with Crippen LogP contribution < -0.4 is 5.56 Å². The Labute approximate surface area is 165 Å². The summed E-state index contributed by atoms with van der Waals surface area (Å²) in [4.78, 5) is 29.6. The SMILES string of the molecule is COC(=O)c1nn(Cc2csc(-c3ccc(C)cc3)n2)c(=O)c2ccccc12. The molecule has 140 valence electrons. The van der Waals surface area contributed by atoms with Gasteiger partial charge in [0.25, 0.3) is 5.56 Å². The minimum Gasteiger partial charge on any atom is -0.464 e. The smallest absolute Gasteiger partial charge is 0.359 e. The van der Waals surface area contributed by atoms with Crippen LogP contribution in [0, 0.1) is 6.92 Å². The van der Waals surface area contributed by atoms with Crippen LogP contribution in [-0.2, 0) is 11.3 Å². The van der Waals surface area contributed by atoms with Crippen molar-refractivity contribution in [3.63, 3.8) is 0 Å². The lowest BCUT2D eigenvalue weighted by Gasteiger charge is -2.08. The van der Waals surface area contributed by atoms with Gasteiger partial charge in [0.2, 0.25) is 0 Å². The maximum absolute atomic E-state index is 12.8. The number of hydrogen-bond acceptors (Lipinski definition) is 6. The van der Waals surface area contributed by atoms with E-state index in [2.05, 4.69) is 10.1 Å². The molecule has 6 nitrogen and oxygen atoms in total. The maximum atomic E-state index is 12.8. The number of fused-ring (bicyclic) bond motifs is 1. The zero-order valence-corrected chi connectivity index (χ0v) is 16.2. The molecule has 0 saturated carbocycles. The van der Waals surface area contributed by atoms with Crippen LogP contribution >= 0.6 is 11.3 Å². The average Bonchev–Trinajstić information content (AvgIpc) is 3.18. The molecule has 4 rings (SSSR count). The average molecular weight is 391 g/mol. The van der Waals surface area contributed by atoms with Crippen molar-refractivity contribution >= 4 is 28.1 Å². The van der Waals surface area contributed by atoms with E-state index in [-0.39, 0.29) is 17.8 Å². The standard InChI is InChI=1S/C21H17N3O3S/c1-13-7-9-14(10-8-13)19-22-15(12-28-19)11-24-20(25)17-6-4-3-5-16(17)18(23-24)21(26)27-2/h3-10,12H,11H2,1-2H3. The van der Waals surface area contributed by atoms with Gasteiger partial charge in [0.05, 0.1) is 24.7 Å². The van der Waals surface area contributed by atoms with Crippen molar-refractivity contribution in [2.24, 2.45) is 0 Å². The molecule has 0 aliphatic heterocycles. The second-order valence-electron chi connectivity index (χ2n) is 6.36. The van der Waals surface area contributed by atoms with Gasteiger partial charge in [-0.1, -0.05) is 48.0 Å². The number of hydrogen-bond donors (Lipinski definition) is 0. The fraction of sp³-hybridized carbons (Fsp3) is 0.143. The van der Waals surface area contributed by atoms with Crippen LogP contribution in [0.15, 0.2) is 58.7 Å². The first-order valence-corrected chi connectivity index (χ1v) is 9.54. The topological polar surface area (TPSA) is 74.1 Å². The van der Waals surface area contributed by atoms with E-state index in [1.165, 1.54) is 28.7 Å². The fourth-order valence-corrected chi connectivity index (χ4v) is 3.77. The van der Waals surface area contributed by atoms with Crippen LogP contribution in [0.4, 0.5) is 0 Å². The third kappa shape index (κ3) is 3.32. The molecule has 0 radical (unpaired) electrons. The molecule has 0 spiro atoms. The molecule has 0 aliphatic rings. The predicted octanol–water partition coefficient (Wildman–Crippen LogP) is 3.66. The summed E-state index contributed by atoms with van der Waals surface area (Å²) in [7, 11) is 1.29. The molecule has 4 aromatic rings. The normalized spacial score (nSPS) is 10.9. The molecule has 0 aliphatic carbocycles. The lowest BCUT2D eigenvalue weighted by atomic mass is 10.1. The van der Waals surface area contributed by atoms with E-state index < -0.39 is 5.97 Å². The molecule has 0 fully saturated rings. The summed E-state index contributed by atoms with van der Waals surface area (Å²) in [5.74, 6) is -0.580. The van der Waals surface area contributed by atoms with Gasteiger partial charge >= 0.3 is 5.97 Å². The van der Waals surface area contributed by atoms with Crippen LogP contribution in [0.25, 0.3) is 21.3 Å². The monoisotopic (exact) mass is 391 g/mol. The Balaban J connectivity index is 1.74. The highest BCUT2D eigenvalue weighted by Crippen LogP contribution is 2.24. The van der Waals surface area contributed by atoms with Gasteiger partial charge in [0.1, 0.15) is 5.01 Å². The van der Waals surface area contributed by atoms with Gasteiger partial charge in [-0.05, 0) is 13.0 Å². The number of carbonyl (C=O) groups is 1. The van der Waals surface area contributed by atoms with Crippen molar-refractivity contribution in [1.82, 2.24) is 14.8 Å². The molecule has 2 heterocycles. The maximum Gasteiger partial charge on any atom is 0.359 e. The molecule has 0 bridgehead atoms. The first kappa shape index (κ1) is 18.1. The highest BCUT2D eigenvalue weighted by Gasteiger charge is 2.17. The van der Waals surface area contributed by atoms with E-state index in [0.29, 0.717) is 16.5 Å². The van der Waals surface area contributed by atoms with E-state index in [4.69, 9.17) is 4.74 Å². The number of aryl methyl sites for hydroxylation is 1. The third-order valence-electron chi connectivity index (χ3n) is 4.41. The zero-order chi connectivity index (χ0) is 19.7. The number of carbonyl (C=O) groups excluding carboxylic acids is 1. The minimum atomic E-state index is -0.580. The molecule has 28 heavy (non-hydrogen) atoms. The molecule has 0 amide bonds. The van der Waals surface area contributed by atoms with E-state index in [1.807, 2.05) is 36.6 Å². The first-order valence-electron chi connectivity index (χ1n) is 8.66. The second kappa shape index (κ2) is 7.36. The minimum absolute atomic E-state index is 0.117. The molecular weight excluding hydrogens is 374 g/mol. The van der Waals surface area contributed by atoms with Crippen LogP contribution in [0.5, 0.6) is 0 Å². The summed E-state index contributed by atoms with van der Waals surface area (Å²) in [5.41, 5.74) is 2.76. The quantitative estimate of drug-likeness (QED) is 0.496. The van der Waals surface area contributed by atoms with Crippen molar-refractivity contribution < 1.29 is 9.53 Å². The Bertz CT molecular complexity index is 1230. The van der Waals surface area contributed by atoms with Crippen molar-refractivity contribution in [2.45, 2.75) is 13.5 Å². The number of ether oxygens (including phenoxy) is 1. The number of rotatable bonds is 4. The summed E-state index contributed by atoms with van der Waals surface area (Å²) >= 11 is 1.51. The van der Waals surface area contributed by atoms with Crippen LogP contribution in [0.1, 0.15) is 21.7 Å². The number of esters is 1. The van der Waals surface area contributed by atoms with Crippen LogP contribution in [-0.4, -0.2) is 27.8 Å². The molecule has 0 atom stereocenters. The van der Waals surface area contributed by atoms with E-state index in [9.17, 15) is 9.59 Å². The van der Waals surface area contributed by atoms with Crippen molar-refractivity contribution in [2.75, 3.05) is 7.11 Å². The van der Waals surface area contributed by atoms with Crippen molar-refractivity contribution in [3.05, 3.63) is 81.2 Å². The van der Waals surface area contributed by atoms with E-state index in [1.54, 1.807) is 24.3 Å². The lowest BCUT2D eigenvalue weighted by molar-refractivity contribution is 0.0593. The van der Waals surface area contributed by atoms with Gasteiger partial charge in [0.15, 0.2) is 5.69 Å². The van der Waals surface area contributed by atoms with E-state index >= 15 is 0 Å². The van der Waals surface area contributed by atoms with Gasteiger partial charge in [-0.3, -0.25) is 4.79 Å². The fourth-order valence-electron chi connectivity index (χ4n) is 2.95. The lowest BCUT2D eigenvalue weighted by Crippen LogP contribution is -2.27. The van der Waals surface area contributed by atoms with Gasteiger partial charge in [-0.15, -0.1) is 11.3 Å². The summed E-state index contributed by atoms with van der Waals surface area (Å²) in [6.45, 7) is 2.21. The van der Waals surface area contributed by atoms with Crippen LogP contribution in [0.2, 0.25) is 0 Å². The van der Waals surface area contributed by atoms with Crippen LogP contribution in [0.3, 0.4) is 0 Å². The number of methoxy groups -OCH3 is 1. The summed E-state index contributed by atoms with van der Waals surface area (Å²) in [6, 6.07) is 15.0. The third-order valence-corrected chi connectivity index (χ3v) is 5.35. The molecule has 0 N–H and O–H groups in total. The zero-order valence-electron chi connectivity index (χ0n) is 15.4. The molecule has 0 unspecified atom stereocenters. The Hall–Kier alpha value is -3.32. The van der Waals surface area contributed by atoms with E-state index in [0.717, 1.165) is 10.6 Å².